The Labute approximate surface area is 156 Å². The smallest absolute Gasteiger partial charge is 0.272 e. The number of amides is 1. The monoisotopic (exact) mass is 363 g/mol. The molecule has 1 heterocycles. The molecule has 4 rings (SSSR count). The van der Waals surface area contributed by atoms with Gasteiger partial charge in [-0.2, -0.15) is 5.10 Å². The molecule has 6 nitrogen and oxygen atoms in total. The van der Waals surface area contributed by atoms with Crippen LogP contribution in [0.15, 0.2) is 53.3 Å². The Morgan fingerprint density at radius 2 is 1.74 bits per heavy atom. The number of aliphatic hydroxyl groups excluding tert-OH is 1. The second-order valence-electron chi connectivity index (χ2n) is 6.96. The van der Waals surface area contributed by atoms with Gasteiger partial charge in [0.15, 0.2) is 0 Å². The number of carbonyl (C=O) groups is 1. The predicted octanol–water partition coefficient (Wildman–Crippen LogP) is 2.62. The molecule has 1 aliphatic rings. The van der Waals surface area contributed by atoms with Crippen LogP contribution in [-0.2, 0) is 0 Å². The Morgan fingerprint density at radius 3 is 2.48 bits per heavy atom. The van der Waals surface area contributed by atoms with Crippen molar-refractivity contribution in [3.8, 4) is 11.3 Å². The number of hydrogen-bond acceptors (Lipinski definition) is 4. The molecule has 0 unspecified atom stereocenters. The number of rotatable bonds is 3. The van der Waals surface area contributed by atoms with Gasteiger partial charge in [0.1, 0.15) is 0 Å². The highest BCUT2D eigenvalue weighted by Crippen LogP contribution is 2.24. The topological polar surface area (TPSA) is 95.1 Å². The maximum atomic E-state index is 12.5. The van der Waals surface area contributed by atoms with Crippen LogP contribution >= 0.6 is 0 Å². The van der Waals surface area contributed by atoms with Crippen LogP contribution in [0.3, 0.4) is 0 Å². The number of aliphatic hydroxyl groups is 1. The van der Waals surface area contributed by atoms with Crippen molar-refractivity contribution < 1.29 is 9.90 Å². The lowest BCUT2D eigenvalue weighted by Crippen LogP contribution is -2.45. The number of H-pyrrole nitrogens is 1. The quantitative estimate of drug-likeness (QED) is 0.667. The van der Waals surface area contributed by atoms with Gasteiger partial charge in [0, 0.05) is 16.5 Å². The van der Waals surface area contributed by atoms with Crippen molar-refractivity contribution in [2.24, 2.45) is 0 Å². The van der Waals surface area contributed by atoms with E-state index in [0.717, 1.165) is 36.6 Å². The van der Waals surface area contributed by atoms with Crippen molar-refractivity contribution in [2.75, 3.05) is 0 Å². The van der Waals surface area contributed by atoms with Gasteiger partial charge in [0.25, 0.3) is 11.5 Å². The molecular formula is C21H21N3O3. The first kappa shape index (κ1) is 17.4. The molecule has 27 heavy (non-hydrogen) atoms. The molecular weight excluding hydrogens is 342 g/mol. The van der Waals surface area contributed by atoms with E-state index in [2.05, 4.69) is 15.5 Å². The Bertz CT molecular complexity index is 1030. The van der Waals surface area contributed by atoms with Crippen LogP contribution in [0.1, 0.15) is 36.0 Å². The number of nitrogens with one attached hydrogen (secondary N) is 2. The maximum Gasteiger partial charge on any atom is 0.272 e. The van der Waals surface area contributed by atoms with E-state index in [1.54, 1.807) is 18.2 Å². The zero-order chi connectivity index (χ0) is 18.8. The van der Waals surface area contributed by atoms with Gasteiger partial charge in [-0.3, -0.25) is 9.59 Å². The molecule has 3 aromatic rings. The Morgan fingerprint density at radius 1 is 1.04 bits per heavy atom. The minimum atomic E-state index is -0.473. The van der Waals surface area contributed by atoms with Gasteiger partial charge < -0.3 is 10.4 Å². The summed E-state index contributed by atoms with van der Waals surface area (Å²) in [5.74, 6) is -0.188. The van der Waals surface area contributed by atoms with Gasteiger partial charge in [0.05, 0.1) is 23.2 Å². The number of aromatic amines is 1. The molecule has 0 radical (unpaired) electrons. The highest BCUT2D eigenvalue weighted by atomic mass is 16.3. The molecule has 138 valence electrons. The van der Waals surface area contributed by atoms with Crippen molar-refractivity contribution in [1.82, 2.24) is 15.5 Å². The van der Waals surface area contributed by atoms with Gasteiger partial charge in [-0.1, -0.05) is 43.2 Å². The van der Waals surface area contributed by atoms with Gasteiger partial charge in [-0.15, -0.1) is 0 Å². The molecule has 1 saturated carbocycles. The predicted molar refractivity (Wildman–Crippen MR) is 104 cm³/mol. The first-order chi connectivity index (χ1) is 13.1. The maximum absolute atomic E-state index is 12.5. The number of fused-ring (bicyclic) bond motifs is 1. The third-order valence-corrected chi connectivity index (χ3v) is 5.16. The third kappa shape index (κ3) is 3.48. The largest absolute Gasteiger partial charge is 0.391 e. The van der Waals surface area contributed by atoms with E-state index in [1.165, 1.54) is 0 Å². The minimum absolute atomic E-state index is 0.185. The van der Waals surface area contributed by atoms with Crippen molar-refractivity contribution >= 4 is 16.7 Å². The van der Waals surface area contributed by atoms with Crippen molar-refractivity contribution in [3.05, 3.63) is 64.4 Å². The van der Waals surface area contributed by atoms with Crippen LogP contribution in [0.2, 0.25) is 0 Å². The number of nitrogens with zero attached hydrogens (tertiary/aromatic N) is 1. The molecule has 3 N–H and O–H groups in total. The molecule has 0 spiro atoms. The lowest BCUT2D eigenvalue weighted by Gasteiger charge is -2.28. The van der Waals surface area contributed by atoms with Crippen LogP contribution in [0.5, 0.6) is 0 Å². The summed E-state index contributed by atoms with van der Waals surface area (Å²) in [4.78, 5) is 24.4. The normalized spacial score (nSPS) is 19.7. The Kier molecular flexibility index (Phi) is 4.73. The van der Waals surface area contributed by atoms with E-state index < -0.39 is 6.10 Å². The lowest BCUT2D eigenvalue weighted by atomic mass is 9.92. The second-order valence-corrected chi connectivity index (χ2v) is 6.96. The van der Waals surface area contributed by atoms with Crippen molar-refractivity contribution in [3.63, 3.8) is 0 Å². The molecule has 6 heteroatoms. The summed E-state index contributed by atoms with van der Waals surface area (Å²) >= 11 is 0. The van der Waals surface area contributed by atoms with Gasteiger partial charge in [-0.05, 0) is 31.0 Å². The molecule has 1 aromatic heterocycles. The first-order valence-corrected chi connectivity index (χ1v) is 9.20. The third-order valence-electron chi connectivity index (χ3n) is 5.16. The van der Waals surface area contributed by atoms with E-state index >= 15 is 0 Å². The number of aromatic nitrogens is 2. The summed E-state index contributed by atoms with van der Waals surface area (Å²) in [7, 11) is 0. The molecule has 2 aromatic carbocycles. The standard InChI is InChI=1S/C21H21N3O3/c25-18-8-4-3-7-17(18)22-20(26)14-11-9-13(10-12-14)19-15-5-1-2-6-16(15)21(27)24-23-19/h1-2,5-6,9-12,17-18,25H,3-4,7-8H2,(H,22,26)(H,24,27)/t17-,18-/m0/s1. The van der Waals surface area contributed by atoms with Gasteiger partial charge >= 0.3 is 0 Å². The summed E-state index contributed by atoms with van der Waals surface area (Å²) < 4.78 is 0. The van der Waals surface area contributed by atoms with E-state index in [-0.39, 0.29) is 17.5 Å². The summed E-state index contributed by atoms with van der Waals surface area (Å²) in [6.45, 7) is 0. The van der Waals surface area contributed by atoms with E-state index in [1.807, 2.05) is 30.3 Å². The van der Waals surface area contributed by atoms with E-state index in [0.29, 0.717) is 16.6 Å². The van der Waals surface area contributed by atoms with Crippen LogP contribution < -0.4 is 10.9 Å². The van der Waals surface area contributed by atoms with Crippen LogP contribution in [0, 0.1) is 0 Å². The van der Waals surface area contributed by atoms with E-state index in [9.17, 15) is 14.7 Å². The van der Waals surface area contributed by atoms with Crippen LogP contribution in [-0.4, -0.2) is 33.4 Å². The molecule has 0 aliphatic heterocycles. The molecule has 1 fully saturated rings. The molecule has 1 aliphatic carbocycles. The van der Waals surface area contributed by atoms with Gasteiger partial charge in [-0.25, -0.2) is 5.10 Å². The van der Waals surface area contributed by atoms with Crippen molar-refractivity contribution in [1.29, 1.82) is 0 Å². The zero-order valence-electron chi connectivity index (χ0n) is 14.8. The zero-order valence-corrected chi connectivity index (χ0v) is 14.8. The molecule has 2 atom stereocenters. The highest BCUT2D eigenvalue weighted by Gasteiger charge is 2.24. The lowest BCUT2D eigenvalue weighted by molar-refractivity contribution is 0.0717. The van der Waals surface area contributed by atoms with Gasteiger partial charge in [0.2, 0.25) is 0 Å². The Hall–Kier alpha value is -2.99. The number of benzene rings is 2. The molecule has 1 amide bonds. The molecule has 0 bridgehead atoms. The second kappa shape index (κ2) is 7.32. The average molecular weight is 363 g/mol. The SMILES string of the molecule is O=C(N[C@H]1CCCC[C@@H]1O)c1ccc(-c2n[nH]c(=O)c3ccccc23)cc1. The summed E-state index contributed by atoms with van der Waals surface area (Å²) in [5.41, 5.74) is 1.79. The van der Waals surface area contributed by atoms with Crippen molar-refractivity contribution in [2.45, 2.75) is 37.8 Å². The van der Waals surface area contributed by atoms with Crippen LogP contribution in [0.25, 0.3) is 22.0 Å². The average Bonchev–Trinajstić information content (AvgIpc) is 2.70. The fourth-order valence-electron chi connectivity index (χ4n) is 3.65. The summed E-state index contributed by atoms with van der Waals surface area (Å²) in [6, 6.07) is 14.2. The van der Waals surface area contributed by atoms with E-state index in [4.69, 9.17) is 0 Å². The first-order valence-electron chi connectivity index (χ1n) is 9.20. The molecule has 0 saturated heterocycles. The number of hydrogen-bond donors (Lipinski definition) is 3. The fraction of sp³-hybridized carbons (Fsp3) is 0.286. The number of carbonyl (C=O) groups excluding carboxylic acids is 1. The Balaban J connectivity index is 1.59. The summed E-state index contributed by atoms with van der Waals surface area (Å²) in [6.07, 6.45) is 3.08. The summed E-state index contributed by atoms with van der Waals surface area (Å²) in [5, 5.41) is 21.0. The van der Waals surface area contributed by atoms with Crippen LogP contribution in [0.4, 0.5) is 0 Å². The highest BCUT2D eigenvalue weighted by molar-refractivity contribution is 5.96. The minimum Gasteiger partial charge on any atom is -0.391 e. The fourth-order valence-corrected chi connectivity index (χ4v) is 3.65.